The Balaban J connectivity index is 2.43. The van der Waals surface area contributed by atoms with E-state index in [0.29, 0.717) is 12.3 Å². The summed E-state index contributed by atoms with van der Waals surface area (Å²) in [5.74, 6) is 0.336. The summed E-state index contributed by atoms with van der Waals surface area (Å²) in [7, 11) is 2.75. The number of carbonyl (C=O) groups is 1. The molecule has 26 heavy (non-hydrogen) atoms. The van der Waals surface area contributed by atoms with Crippen LogP contribution in [0.15, 0.2) is 48.2 Å². The Morgan fingerprint density at radius 2 is 1.92 bits per heavy atom. The minimum Gasteiger partial charge on any atom is -0.493 e. The number of hydrogen-bond acceptors (Lipinski definition) is 5. The number of esters is 1. The first-order valence-corrected chi connectivity index (χ1v) is 8.55. The third-order valence-electron chi connectivity index (χ3n) is 3.86. The van der Waals surface area contributed by atoms with Crippen LogP contribution >= 0.6 is 0 Å². The molecule has 0 aliphatic heterocycles. The second kappa shape index (κ2) is 9.51. The number of benzene rings is 2. The summed E-state index contributed by atoms with van der Waals surface area (Å²) in [6, 6.07) is 13.4. The van der Waals surface area contributed by atoms with Gasteiger partial charge >= 0.3 is 5.97 Å². The van der Waals surface area contributed by atoms with Gasteiger partial charge in [0, 0.05) is 11.3 Å². The monoisotopic (exact) mass is 355 g/mol. The Hall–Kier alpha value is -2.95. The van der Waals surface area contributed by atoms with Crippen LogP contribution in [0.3, 0.4) is 0 Å². The lowest BCUT2D eigenvalue weighted by molar-refractivity contribution is -0.139. The summed E-state index contributed by atoms with van der Waals surface area (Å²) in [4.78, 5) is 11.7. The number of unbranched alkanes of at least 4 members (excludes halogenated alkanes) is 1. The molecule has 0 atom stereocenters. The van der Waals surface area contributed by atoms with Crippen molar-refractivity contribution in [3.63, 3.8) is 0 Å². The fourth-order valence-electron chi connectivity index (χ4n) is 2.47. The maximum absolute atomic E-state index is 11.7. The largest absolute Gasteiger partial charge is 0.493 e. The Kier molecular flexibility index (Phi) is 7.09. The van der Waals surface area contributed by atoms with E-state index in [9.17, 15) is 4.79 Å². The summed E-state index contributed by atoms with van der Waals surface area (Å²) in [5.41, 5.74) is 9.31. The van der Waals surface area contributed by atoms with Crippen molar-refractivity contribution in [2.75, 3.05) is 26.6 Å². The van der Waals surface area contributed by atoms with Gasteiger partial charge in [0.15, 0.2) is 0 Å². The van der Waals surface area contributed by atoms with Gasteiger partial charge in [-0.15, -0.1) is 0 Å². The van der Waals surface area contributed by atoms with Gasteiger partial charge in [0.25, 0.3) is 0 Å². The molecular formula is C21H25NO4. The van der Waals surface area contributed by atoms with Crippen LogP contribution in [0, 0.1) is 0 Å². The number of rotatable bonds is 8. The molecule has 0 radical (unpaired) electrons. The first-order chi connectivity index (χ1) is 12.6. The molecule has 2 N–H and O–H groups in total. The van der Waals surface area contributed by atoms with Gasteiger partial charge in [0.05, 0.1) is 20.8 Å². The van der Waals surface area contributed by atoms with Gasteiger partial charge in [-0.2, -0.15) is 0 Å². The summed E-state index contributed by atoms with van der Waals surface area (Å²) in [5, 5.41) is 0. The van der Waals surface area contributed by atoms with E-state index in [1.54, 1.807) is 6.08 Å². The Morgan fingerprint density at radius 3 is 2.58 bits per heavy atom. The van der Waals surface area contributed by atoms with Gasteiger partial charge in [0.1, 0.15) is 5.75 Å². The van der Waals surface area contributed by atoms with E-state index in [4.69, 9.17) is 19.9 Å². The van der Waals surface area contributed by atoms with Crippen molar-refractivity contribution in [3.8, 4) is 16.9 Å². The zero-order valence-electron chi connectivity index (χ0n) is 15.5. The van der Waals surface area contributed by atoms with E-state index in [2.05, 4.69) is 6.92 Å². The smallest absolute Gasteiger partial charge is 0.373 e. The molecule has 5 nitrogen and oxygen atoms in total. The van der Waals surface area contributed by atoms with E-state index < -0.39 is 5.97 Å². The lowest BCUT2D eigenvalue weighted by atomic mass is 10.0. The molecule has 0 spiro atoms. The average molecular weight is 355 g/mol. The lowest BCUT2D eigenvalue weighted by Gasteiger charge is -2.13. The van der Waals surface area contributed by atoms with E-state index in [-0.39, 0.29) is 5.76 Å². The molecule has 0 bridgehead atoms. The van der Waals surface area contributed by atoms with Crippen LogP contribution in [0.2, 0.25) is 0 Å². The van der Waals surface area contributed by atoms with E-state index in [1.165, 1.54) is 14.2 Å². The van der Waals surface area contributed by atoms with E-state index in [0.717, 1.165) is 35.3 Å². The van der Waals surface area contributed by atoms with Crippen molar-refractivity contribution in [1.82, 2.24) is 0 Å². The number of ether oxygens (including phenoxy) is 3. The van der Waals surface area contributed by atoms with Crippen molar-refractivity contribution in [2.24, 2.45) is 0 Å². The molecule has 2 aromatic carbocycles. The summed E-state index contributed by atoms with van der Waals surface area (Å²) >= 11 is 0. The lowest BCUT2D eigenvalue weighted by Crippen LogP contribution is -2.06. The molecule has 0 aromatic heterocycles. The van der Waals surface area contributed by atoms with Crippen LogP contribution in [0.25, 0.3) is 17.2 Å². The number of hydrogen-bond donors (Lipinski definition) is 1. The minimum absolute atomic E-state index is 0.128. The quantitative estimate of drug-likeness (QED) is 0.252. The van der Waals surface area contributed by atoms with Gasteiger partial charge in [-0.25, -0.2) is 4.79 Å². The molecule has 138 valence electrons. The van der Waals surface area contributed by atoms with Crippen LogP contribution in [-0.2, 0) is 14.3 Å². The maximum Gasteiger partial charge on any atom is 0.373 e. The Labute approximate surface area is 154 Å². The number of nitrogen functional groups attached to an aromatic ring is 1. The highest BCUT2D eigenvalue weighted by atomic mass is 16.6. The molecule has 2 aromatic rings. The topological polar surface area (TPSA) is 70.8 Å². The van der Waals surface area contributed by atoms with Crippen molar-refractivity contribution < 1.29 is 19.0 Å². The normalized spacial score (nSPS) is 11.1. The molecule has 0 fully saturated rings. The number of methoxy groups -OCH3 is 2. The molecule has 2 rings (SSSR count). The van der Waals surface area contributed by atoms with E-state index >= 15 is 0 Å². The first kappa shape index (κ1) is 19.4. The predicted molar refractivity (Wildman–Crippen MR) is 104 cm³/mol. The SMILES string of the molecule is CCCCOc1cc(C=C(OC)C(=O)OC)ccc1-c1cccc(N)c1. The predicted octanol–water partition coefficient (Wildman–Crippen LogP) is 4.28. The van der Waals surface area contributed by atoms with Crippen LogP contribution in [0.5, 0.6) is 5.75 Å². The standard InChI is InChI=1S/C21H25NO4/c1-4-5-11-26-19-12-15(13-20(24-2)21(23)25-3)9-10-18(19)16-7-6-8-17(22)14-16/h6-10,12-14H,4-5,11,22H2,1-3H3. The van der Waals surface area contributed by atoms with Crippen LogP contribution in [0.1, 0.15) is 25.3 Å². The fraction of sp³-hybridized carbons (Fsp3) is 0.286. The number of nitrogens with two attached hydrogens (primary N) is 1. The molecular weight excluding hydrogens is 330 g/mol. The molecule has 0 aliphatic carbocycles. The average Bonchev–Trinajstić information content (AvgIpc) is 2.66. The molecule has 0 unspecified atom stereocenters. The van der Waals surface area contributed by atoms with Crippen molar-refractivity contribution in [1.29, 1.82) is 0 Å². The van der Waals surface area contributed by atoms with Gasteiger partial charge in [-0.1, -0.05) is 37.6 Å². The highest BCUT2D eigenvalue weighted by Crippen LogP contribution is 2.33. The summed E-state index contributed by atoms with van der Waals surface area (Å²) < 4.78 is 15.8. The van der Waals surface area contributed by atoms with Crippen LogP contribution in [0.4, 0.5) is 5.69 Å². The third-order valence-corrected chi connectivity index (χ3v) is 3.86. The van der Waals surface area contributed by atoms with Crippen LogP contribution < -0.4 is 10.5 Å². The number of carbonyl (C=O) groups excluding carboxylic acids is 1. The van der Waals surface area contributed by atoms with Gasteiger partial charge in [0.2, 0.25) is 5.76 Å². The Bertz CT molecular complexity index is 783. The molecule has 5 heteroatoms. The molecule has 0 saturated carbocycles. The fourth-order valence-corrected chi connectivity index (χ4v) is 2.47. The summed E-state index contributed by atoms with van der Waals surface area (Å²) in [6.07, 6.45) is 3.63. The van der Waals surface area contributed by atoms with Crippen molar-refractivity contribution >= 4 is 17.7 Å². The zero-order chi connectivity index (χ0) is 18.9. The second-order valence-corrected chi connectivity index (χ2v) is 5.79. The molecule has 0 saturated heterocycles. The zero-order valence-corrected chi connectivity index (χ0v) is 15.5. The van der Waals surface area contributed by atoms with Gasteiger partial charge in [-0.3, -0.25) is 0 Å². The highest BCUT2D eigenvalue weighted by molar-refractivity contribution is 5.91. The molecule has 0 amide bonds. The first-order valence-electron chi connectivity index (χ1n) is 8.55. The molecule has 0 aliphatic rings. The minimum atomic E-state index is -0.527. The second-order valence-electron chi connectivity index (χ2n) is 5.79. The number of anilines is 1. The van der Waals surface area contributed by atoms with E-state index in [1.807, 2.05) is 42.5 Å². The third kappa shape index (κ3) is 5.02. The van der Waals surface area contributed by atoms with Crippen molar-refractivity contribution in [2.45, 2.75) is 19.8 Å². The van der Waals surface area contributed by atoms with Crippen LogP contribution in [-0.4, -0.2) is 26.8 Å². The van der Waals surface area contributed by atoms with Gasteiger partial charge in [-0.05, 0) is 41.8 Å². The Morgan fingerprint density at radius 1 is 1.12 bits per heavy atom. The summed E-state index contributed by atoms with van der Waals surface area (Å²) in [6.45, 7) is 2.73. The maximum atomic E-state index is 11.7. The molecule has 0 heterocycles. The van der Waals surface area contributed by atoms with Gasteiger partial charge < -0.3 is 19.9 Å². The highest BCUT2D eigenvalue weighted by Gasteiger charge is 2.12. The van der Waals surface area contributed by atoms with Crippen molar-refractivity contribution in [3.05, 3.63) is 53.8 Å².